The van der Waals surface area contributed by atoms with Crippen LogP contribution >= 0.6 is 0 Å². The van der Waals surface area contributed by atoms with E-state index in [2.05, 4.69) is 31.0 Å². The molecule has 4 nitrogen and oxygen atoms in total. The highest BCUT2D eigenvalue weighted by molar-refractivity contribution is 6.01. The highest BCUT2D eigenvalue weighted by Crippen LogP contribution is 2.23. The van der Waals surface area contributed by atoms with Crippen molar-refractivity contribution < 1.29 is 9.53 Å². The minimum absolute atomic E-state index is 0.0712. The number of aldehydes is 1. The molecular formula is C24H28N2O2. The number of carbonyl (C=O) groups excluding carboxylic acids is 1. The van der Waals surface area contributed by atoms with Crippen LogP contribution in [0.4, 0.5) is 5.69 Å². The maximum atomic E-state index is 10.8. The van der Waals surface area contributed by atoms with E-state index in [1.54, 1.807) is 13.8 Å². The maximum Gasteiger partial charge on any atom is 0.121 e. The molecule has 0 amide bonds. The smallest absolute Gasteiger partial charge is 0.121 e. The molecule has 1 atom stereocenters. The Hall–Kier alpha value is -3.06. The van der Waals surface area contributed by atoms with Crippen molar-refractivity contribution in [1.82, 2.24) is 0 Å². The average Bonchev–Trinajstić information content (AvgIpc) is 2.66. The number of anilines is 1. The zero-order chi connectivity index (χ0) is 20.5. The van der Waals surface area contributed by atoms with Gasteiger partial charge in [0.05, 0.1) is 5.92 Å². The average molecular weight is 376 g/mol. The molecular weight excluding hydrogens is 348 g/mol. The topological polar surface area (TPSA) is 62.2 Å². The summed E-state index contributed by atoms with van der Waals surface area (Å²) in [7, 11) is 0. The highest BCUT2D eigenvalue weighted by atomic mass is 16.5. The van der Waals surface area contributed by atoms with Crippen LogP contribution in [0.1, 0.15) is 56.7 Å². The predicted octanol–water partition coefficient (Wildman–Crippen LogP) is 5.17. The van der Waals surface area contributed by atoms with Crippen molar-refractivity contribution in [3.05, 3.63) is 59.2 Å². The number of hydrogen-bond donors (Lipinski definition) is 2. The molecule has 4 heteroatoms. The van der Waals surface area contributed by atoms with Gasteiger partial charge in [0, 0.05) is 29.4 Å². The molecule has 0 radical (unpaired) electrons. The second-order valence-corrected chi connectivity index (χ2v) is 7.01. The molecule has 0 aliphatic rings. The van der Waals surface area contributed by atoms with Crippen LogP contribution in [0.3, 0.4) is 0 Å². The quantitative estimate of drug-likeness (QED) is 0.360. The first kappa shape index (κ1) is 21.2. The van der Waals surface area contributed by atoms with Crippen LogP contribution in [0.25, 0.3) is 0 Å². The number of rotatable bonds is 9. The standard InChI is InChI=1S/C24H28N2O2/c1-5-6-20(13-14-27)21-8-10-22(11-9-21)28-16-19-7-12-23(18(4)25)24(15-19)26-17(2)3/h7-12,14-15,17,20,25-26H,13,16H2,1-4H3/t20-/m0/s1. The largest absolute Gasteiger partial charge is 0.489 e. The summed E-state index contributed by atoms with van der Waals surface area (Å²) in [6.07, 6.45) is 1.30. The summed E-state index contributed by atoms with van der Waals surface area (Å²) < 4.78 is 5.92. The molecule has 0 spiro atoms. The van der Waals surface area contributed by atoms with E-state index in [1.807, 2.05) is 42.5 Å². The Bertz CT molecular complexity index is 874. The first-order valence-corrected chi connectivity index (χ1v) is 9.48. The molecule has 0 saturated carbocycles. The van der Waals surface area contributed by atoms with Gasteiger partial charge in [-0.1, -0.05) is 30.2 Å². The Labute approximate surface area is 167 Å². The Morgan fingerprint density at radius 3 is 2.50 bits per heavy atom. The zero-order valence-electron chi connectivity index (χ0n) is 17.0. The molecule has 0 heterocycles. The molecule has 0 unspecified atom stereocenters. The Kier molecular flexibility index (Phi) is 7.83. The molecule has 2 aromatic carbocycles. The number of hydrogen-bond acceptors (Lipinski definition) is 4. The van der Waals surface area contributed by atoms with Crippen LogP contribution < -0.4 is 10.1 Å². The lowest BCUT2D eigenvalue weighted by Gasteiger charge is -2.16. The van der Waals surface area contributed by atoms with Crippen molar-refractivity contribution in [3.63, 3.8) is 0 Å². The molecule has 0 aliphatic heterocycles. The molecule has 0 saturated heterocycles. The van der Waals surface area contributed by atoms with E-state index in [0.29, 0.717) is 18.7 Å². The van der Waals surface area contributed by atoms with E-state index in [1.165, 1.54) is 0 Å². The maximum absolute atomic E-state index is 10.8. The van der Waals surface area contributed by atoms with Gasteiger partial charge in [-0.2, -0.15) is 0 Å². The minimum Gasteiger partial charge on any atom is -0.489 e. The van der Waals surface area contributed by atoms with E-state index >= 15 is 0 Å². The Balaban J connectivity index is 2.09. The lowest BCUT2D eigenvalue weighted by Crippen LogP contribution is -2.13. The van der Waals surface area contributed by atoms with Crippen LogP contribution in [0.15, 0.2) is 42.5 Å². The van der Waals surface area contributed by atoms with E-state index in [9.17, 15) is 4.79 Å². The molecule has 2 aromatic rings. The monoisotopic (exact) mass is 376 g/mol. The number of benzene rings is 2. The van der Waals surface area contributed by atoms with Gasteiger partial charge >= 0.3 is 0 Å². The number of ether oxygens (including phenoxy) is 1. The Morgan fingerprint density at radius 2 is 1.93 bits per heavy atom. The minimum atomic E-state index is -0.0712. The summed E-state index contributed by atoms with van der Waals surface area (Å²) in [6, 6.07) is 14.0. The molecule has 0 fully saturated rings. The van der Waals surface area contributed by atoms with Gasteiger partial charge in [-0.25, -0.2) is 0 Å². The van der Waals surface area contributed by atoms with Crippen molar-refractivity contribution in [2.24, 2.45) is 0 Å². The van der Waals surface area contributed by atoms with Crippen molar-refractivity contribution in [2.75, 3.05) is 5.32 Å². The lowest BCUT2D eigenvalue weighted by molar-refractivity contribution is -0.107. The molecule has 0 bridgehead atoms. The molecule has 0 aliphatic carbocycles. The molecule has 2 N–H and O–H groups in total. The van der Waals surface area contributed by atoms with Crippen molar-refractivity contribution in [2.45, 2.75) is 52.7 Å². The molecule has 146 valence electrons. The van der Waals surface area contributed by atoms with Gasteiger partial charge in [0.2, 0.25) is 0 Å². The summed E-state index contributed by atoms with van der Waals surface area (Å²) in [5.74, 6) is 6.65. The predicted molar refractivity (Wildman–Crippen MR) is 115 cm³/mol. The van der Waals surface area contributed by atoms with Crippen LogP contribution in [0.5, 0.6) is 5.75 Å². The highest BCUT2D eigenvalue weighted by Gasteiger charge is 2.09. The van der Waals surface area contributed by atoms with Gasteiger partial charge < -0.3 is 20.3 Å². The summed E-state index contributed by atoms with van der Waals surface area (Å²) in [4.78, 5) is 10.8. The van der Waals surface area contributed by atoms with Crippen LogP contribution in [-0.2, 0) is 11.4 Å². The van der Waals surface area contributed by atoms with E-state index in [0.717, 1.165) is 34.4 Å². The third-order valence-corrected chi connectivity index (χ3v) is 4.27. The van der Waals surface area contributed by atoms with E-state index < -0.39 is 0 Å². The van der Waals surface area contributed by atoms with Crippen LogP contribution in [-0.4, -0.2) is 18.0 Å². The van der Waals surface area contributed by atoms with Gasteiger partial charge in [-0.3, -0.25) is 0 Å². The fourth-order valence-electron chi connectivity index (χ4n) is 2.95. The molecule has 28 heavy (non-hydrogen) atoms. The van der Waals surface area contributed by atoms with Crippen molar-refractivity contribution >= 4 is 17.7 Å². The normalized spacial score (nSPS) is 11.3. The van der Waals surface area contributed by atoms with Gasteiger partial charge in [0.1, 0.15) is 18.6 Å². The van der Waals surface area contributed by atoms with Crippen molar-refractivity contribution in [3.8, 4) is 17.6 Å². The van der Waals surface area contributed by atoms with Crippen molar-refractivity contribution in [1.29, 1.82) is 5.41 Å². The van der Waals surface area contributed by atoms with Gasteiger partial charge in [-0.15, -0.1) is 5.92 Å². The van der Waals surface area contributed by atoms with Crippen LogP contribution in [0.2, 0.25) is 0 Å². The zero-order valence-corrected chi connectivity index (χ0v) is 17.0. The second kappa shape index (κ2) is 10.3. The van der Waals surface area contributed by atoms with E-state index in [4.69, 9.17) is 10.1 Å². The first-order valence-electron chi connectivity index (χ1n) is 9.48. The van der Waals surface area contributed by atoms with Gasteiger partial charge in [-0.05, 0) is 57.0 Å². The summed E-state index contributed by atoms with van der Waals surface area (Å²) in [5, 5.41) is 11.3. The number of carbonyl (C=O) groups is 1. The fraction of sp³-hybridized carbons (Fsp3) is 0.333. The third-order valence-electron chi connectivity index (χ3n) is 4.27. The van der Waals surface area contributed by atoms with Gasteiger partial charge in [0.25, 0.3) is 0 Å². The van der Waals surface area contributed by atoms with Gasteiger partial charge in [0.15, 0.2) is 0 Å². The molecule has 0 aromatic heterocycles. The van der Waals surface area contributed by atoms with Crippen LogP contribution in [0, 0.1) is 17.3 Å². The lowest BCUT2D eigenvalue weighted by atomic mass is 9.97. The summed E-state index contributed by atoms with van der Waals surface area (Å²) in [6.45, 7) is 8.17. The van der Waals surface area contributed by atoms with E-state index in [-0.39, 0.29) is 12.0 Å². The summed E-state index contributed by atoms with van der Waals surface area (Å²) in [5.41, 5.74) is 4.44. The third kappa shape index (κ3) is 5.99. The summed E-state index contributed by atoms with van der Waals surface area (Å²) >= 11 is 0. The molecule has 2 rings (SSSR count). The SMILES string of the molecule is CC#C[C@@H](CC=O)c1ccc(OCc2ccc(C(C)=N)c(NC(C)C)c2)cc1. The Morgan fingerprint density at radius 1 is 1.21 bits per heavy atom. The number of nitrogens with one attached hydrogen (secondary N) is 2. The first-order chi connectivity index (χ1) is 13.4. The second-order valence-electron chi connectivity index (χ2n) is 7.01. The fourth-order valence-corrected chi connectivity index (χ4v) is 2.95.